The van der Waals surface area contributed by atoms with E-state index in [1.807, 2.05) is 0 Å². The Labute approximate surface area is 166 Å². The quantitative estimate of drug-likeness (QED) is 0.519. The monoisotopic (exact) mass is 406 g/mol. The average Bonchev–Trinajstić information content (AvgIpc) is 2.93. The van der Waals surface area contributed by atoms with Crippen molar-refractivity contribution >= 4 is 41.0 Å². The van der Waals surface area contributed by atoms with Crippen molar-refractivity contribution in [2.24, 2.45) is 0 Å². The summed E-state index contributed by atoms with van der Waals surface area (Å²) >= 11 is 12.3. The van der Waals surface area contributed by atoms with Gasteiger partial charge >= 0.3 is 5.97 Å². The molecule has 27 heavy (non-hydrogen) atoms. The van der Waals surface area contributed by atoms with Crippen LogP contribution in [0.2, 0.25) is 10.0 Å². The molecule has 1 atom stereocenters. The van der Waals surface area contributed by atoms with Gasteiger partial charge in [-0.05, 0) is 44.2 Å². The number of rotatable bonds is 5. The van der Waals surface area contributed by atoms with Crippen LogP contribution in [0.4, 0.5) is 0 Å². The molecule has 5 nitrogen and oxygen atoms in total. The van der Waals surface area contributed by atoms with E-state index in [4.69, 9.17) is 37.4 Å². The van der Waals surface area contributed by atoms with Crippen molar-refractivity contribution in [2.75, 3.05) is 6.61 Å². The highest BCUT2D eigenvalue weighted by molar-refractivity contribution is 6.37. The van der Waals surface area contributed by atoms with Gasteiger partial charge in [-0.3, -0.25) is 4.79 Å². The summed E-state index contributed by atoms with van der Waals surface area (Å²) in [5, 5.41) is 0.823. The Balaban J connectivity index is 1.83. The van der Waals surface area contributed by atoms with Crippen molar-refractivity contribution in [3.8, 4) is 11.5 Å². The molecule has 0 bridgehead atoms. The number of ketones is 1. The van der Waals surface area contributed by atoms with E-state index in [9.17, 15) is 9.59 Å². The molecular formula is C20H16Cl2O5. The number of esters is 1. The summed E-state index contributed by atoms with van der Waals surface area (Å²) in [6.45, 7) is 3.58. The molecule has 1 aliphatic heterocycles. The zero-order valence-corrected chi connectivity index (χ0v) is 16.1. The molecular weight excluding hydrogens is 391 g/mol. The van der Waals surface area contributed by atoms with Crippen LogP contribution in [0.15, 0.2) is 42.2 Å². The molecule has 1 heterocycles. The second-order valence-corrected chi connectivity index (χ2v) is 6.56. The average molecular weight is 407 g/mol. The minimum absolute atomic E-state index is 0.107. The number of Topliss-reactive ketones (excluding diaryl/α,β-unsaturated/α-hetero) is 1. The van der Waals surface area contributed by atoms with Gasteiger partial charge in [0.05, 0.1) is 12.2 Å². The van der Waals surface area contributed by atoms with Crippen LogP contribution in [0, 0.1) is 0 Å². The number of hydrogen-bond acceptors (Lipinski definition) is 5. The molecule has 0 saturated heterocycles. The first-order valence-electron chi connectivity index (χ1n) is 8.26. The number of fused-ring (bicyclic) bond motifs is 1. The van der Waals surface area contributed by atoms with Gasteiger partial charge < -0.3 is 14.2 Å². The Morgan fingerprint density at radius 3 is 2.59 bits per heavy atom. The van der Waals surface area contributed by atoms with E-state index in [-0.39, 0.29) is 18.1 Å². The molecule has 0 fully saturated rings. The number of halogens is 2. The summed E-state index contributed by atoms with van der Waals surface area (Å²) in [5.74, 6) is 0.0765. The Bertz CT molecular complexity index is 916. The second-order valence-electron chi connectivity index (χ2n) is 5.75. The standard InChI is InChI=1S/C20H16Cl2O5/c1-3-25-20(24)11(2)26-12-7-8-13-17(9-12)27-18(19(13)23)10-14-15(21)5-4-6-16(14)22/h4-11H,3H2,1-2H3/t11-/m0/s1. The molecule has 2 aromatic rings. The van der Waals surface area contributed by atoms with Gasteiger partial charge in [0, 0.05) is 21.7 Å². The van der Waals surface area contributed by atoms with Gasteiger partial charge in [-0.25, -0.2) is 4.79 Å². The maximum Gasteiger partial charge on any atom is 0.347 e. The molecule has 0 aromatic heterocycles. The van der Waals surface area contributed by atoms with Gasteiger partial charge in [-0.1, -0.05) is 29.3 Å². The van der Waals surface area contributed by atoms with Crippen LogP contribution in [0.5, 0.6) is 11.5 Å². The SMILES string of the molecule is CCOC(=O)[C@H](C)Oc1ccc2c(c1)OC(=Cc1c(Cl)cccc1Cl)C2=O. The molecule has 0 unspecified atom stereocenters. The van der Waals surface area contributed by atoms with Crippen molar-refractivity contribution in [3.63, 3.8) is 0 Å². The lowest BCUT2D eigenvalue weighted by Crippen LogP contribution is -2.26. The van der Waals surface area contributed by atoms with Crippen molar-refractivity contribution in [2.45, 2.75) is 20.0 Å². The minimum atomic E-state index is -0.781. The first-order chi connectivity index (χ1) is 12.9. The summed E-state index contributed by atoms with van der Waals surface area (Å²) in [4.78, 5) is 24.2. The van der Waals surface area contributed by atoms with E-state index in [0.717, 1.165) is 0 Å². The Morgan fingerprint density at radius 2 is 1.93 bits per heavy atom. The summed E-state index contributed by atoms with van der Waals surface area (Å²) in [6, 6.07) is 9.80. The third-order valence-electron chi connectivity index (χ3n) is 3.85. The zero-order chi connectivity index (χ0) is 19.6. The number of carbonyl (C=O) groups excluding carboxylic acids is 2. The van der Waals surface area contributed by atoms with E-state index in [2.05, 4.69) is 0 Å². The topological polar surface area (TPSA) is 61.8 Å². The maximum atomic E-state index is 12.6. The van der Waals surface area contributed by atoms with E-state index < -0.39 is 12.1 Å². The second kappa shape index (κ2) is 8.03. The molecule has 7 heteroatoms. The van der Waals surface area contributed by atoms with Crippen LogP contribution in [-0.4, -0.2) is 24.5 Å². The predicted octanol–water partition coefficient (Wildman–Crippen LogP) is 4.94. The molecule has 0 radical (unpaired) electrons. The van der Waals surface area contributed by atoms with Gasteiger partial charge in [0.25, 0.3) is 0 Å². The fourth-order valence-electron chi connectivity index (χ4n) is 2.53. The van der Waals surface area contributed by atoms with Gasteiger partial charge in [0.1, 0.15) is 11.5 Å². The van der Waals surface area contributed by atoms with Crippen LogP contribution in [0.1, 0.15) is 29.8 Å². The van der Waals surface area contributed by atoms with Crippen LogP contribution in [-0.2, 0) is 9.53 Å². The predicted molar refractivity (Wildman–Crippen MR) is 103 cm³/mol. The molecule has 140 valence electrons. The van der Waals surface area contributed by atoms with Crippen molar-refractivity contribution < 1.29 is 23.8 Å². The highest BCUT2D eigenvalue weighted by atomic mass is 35.5. The fraction of sp³-hybridized carbons (Fsp3) is 0.200. The van der Waals surface area contributed by atoms with Crippen LogP contribution in [0.25, 0.3) is 6.08 Å². The highest BCUT2D eigenvalue weighted by Gasteiger charge is 2.29. The fourth-order valence-corrected chi connectivity index (χ4v) is 3.04. The number of ether oxygens (including phenoxy) is 3. The van der Waals surface area contributed by atoms with Crippen molar-refractivity contribution in [1.82, 2.24) is 0 Å². The van der Waals surface area contributed by atoms with Crippen LogP contribution < -0.4 is 9.47 Å². The minimum Gasteiger partial charge on any atom is -0.479 e. The zero-order valence-electron chi connectivity index (χ0n) is 14.6. The summed E-state index contributed by atoms with van der Waals surface area (Å²) in [7, 11) is 0. The molecule has 2 aromatic carbocycles. The molecule has 0 N–H and O–H groups in total. The van der Waals surface area contributed by atoms with Crippen LogP contribution in [0.3, 0.4) is 0 Å². The Morgan fingerprint density at radius 1 is 1.22 bits per heavy atom. The molecule has 3 rings (SSSR count). The Kier molecular flexibility index (Phi) is 5.73. The van der Waals surface area contributed by atoms with Gasteiger partial charge in [-0.15, -0.1) is 0 Å². The first-order valence-corrected chi connectivity index (χ1v) is 9.02. The molecule has 0 spiro atoms. The molecule has 0 saturated carbocycles. The van der Waals surface area contributed by atoms with Gasteiger partial charge in [0.2, 0.25) is 5.78 Å². The number of allylic oxidation sites excluding steroid dienone is 1. The highest BCUT2D eigenvalue weighted by Crippen LogP contribution is 2.36. The normalized spacial score (nSPS) is 15.3. The summed E-state index contributed by atoms with van der Waals surface area (Å²) in [5.41, 5.74) is 0.893. The lowest BCUT2D eigenvalue weighted by Gasteiger charge is -2.13. The third-order valence-corrected chi connectivity index (χ3v) is 4.51. The third kappa shape index (κ3) is 4.10. The lowest BCUT2D eigenvalue weighted by atomic mass is 10.1. The van der Waals surface area contributed by atoms with E-state index in [1.54, 1.807) is 50.2 Å². The van der Waals surface area contributed by atoms with Crippen molar-refractivity contribution in [3.05, 3.63) is 63.3 Å². The van der Waals surface area contributed by atoms with Gasteiger partial charge in [0.15, 0.2) is 11.9 Å². The number of benzene rings is 2. The largest absolute Gasteiger partial charge is 0.479 e. The molecule has 0 amide bonds. The van der Waals surface area contributed by atoms with E-state index in [0.29, 0.717) is 32.7 Å². The summed E-state index contributed by atoms with van der Waals surface area (Å²) in [6.07, 6.45) is 0.728. The Hall–Kier alpha value is -2.50. The van der Waals surface area contributed by atoms with E-state index in [1.165, 1.54) is 6.08 Å². The smallest absolute Gasteiger partial charge is 0.347 e. The maximum absolute atomic E-state index is 12.6. The lowest BCUT2D eigenvalue weighted by molar-refractivity contribution is -0.150. The van der Waals surface area contributed by atoms with Gasteiger partial charge in [-0.2, -0.15) is 0 Å². The molecule has 0 aliphatic carbocycles. The summed E-state index contributed by atoms with van der Waals surface area (Å²) < 4.78 is 16.1. The van der Waals surface area contributed by atoms with Crippen molar-refractivity contribution in [1.29, 1.82) is 0 Å². The number of carbonyl (C=O) groups is 2. The van der Waals surface area contributed by atoms with Crippen LogP contribution >= 0.6 is 23.2 Å². The molecule has 1 aliphatic rings. The number of hydrogen-bond donors (Lipinski definition) is 0. The van der Waals surface area contributed by atoms with E-state index >= 15 is 0 Å². The first kappa shape index (κ1) is 19.3.